The van der Waals surface area contributed by atoms with Crippen molar-refractivity contribution in [1.29, 1.82) is 0 Å². The van der Waals surface area contributed by atoms with E-state index in [1.807, 2.05) is 17.2 Å². The van der Waals surface area contributed by atoms with Crippen molar-refractivity contribution in [2.45, 2.75) is 26.2 Å². The Hall–Kier alpha value is -3.03. The molecule has 1 amide bonds. The number of aromatic nitrogens is 5. The van der Waals surface area contributed by atoms with Crippen LogP contribution in [0.15, 0.2) is 36.8 Å². The van der Waals surface area contributed by atoms with Crippen LogP contribution >= 0.6 is 0 Å². The van der Waals surface area contributed by atoms with Crippen LogP contribution in [0.3, 0.4) is 0 Å². The van der Waals surface area contributed by atoms with Crippen molar-refractivity contribution in [1.82, 2.24) is 29.5 Å². The van der Waals surface area contributed by atoms with Gasteiger partial charge in [-0.25, -0.2) is 19.5 Å². The summed E-state index contributed by atoms with van der Waals surface area (Å²) < 4.78 is 1.70. The Kier molecular flexibility index (Phi) is 4.25. The van der Waals surface area contributed by atoms with E-state index in [1.165, 1.54) is 0 Å². The number of hydrogen-bond donors (Lipinski definition) is 0. The van der Waals surface area contributed by atoms with Crippen LogP contribution in [0.5, 0.6) is 0 Å². The number of carbonyl (C=O) groups is 1. The maximum Gasteiger partial charge on any atom is 0.274 e. The number of fused-ring (bicyclic) bond motifs is 1. The van der Waals surface area contributed by atoms with Crippen molar-refractivity contribution in [3.05, 3.63) is 48.2 Å². The molecule has 1 aliphatic rings. The van der Waals surface area contributed by atoms with Gasteiger partial charge in [0.1, 0.15) is 5.69 Å². The van der Waals surface area contributed by atoms with Gasteiger partial charge >= 0.3 is 0 Å². The molecule has 0 N–H and O–H groups in total. The number of hydrogen-bond acceptors (Lipinski definition) is 6. The number of anilines is 1. The van der Waals surface area contributed by atoms with Crippen molar-refractivity contribution in [2.24, 2.45) is 0 Å². The second kappa shape index (κ2) is 6.61. The van der Waals surface area contributed by atoms with E-state index in [0.717, 1.165) is 11.3 Å². The van der Waals surface area contributed by atoms with E-state index in [9.17, 15) is 4.79 Å². The number of carbonyl (C=O) groups excluding carboxylic acids is 1. The predicted octanol–water partition coefficient (Wildman–Crippen LogP) is 1.78. The van der Waals surface area contributed by atoms with E-state index in [1.54, 1.807) is 29.0 Å². The highest BCUT2D eigenvalue weighted by Gasteiger charge is 2.25. The molecule has 4 heterocycles. The molecule has 8 nitrogen and oxygen atoms in total. The molecule has 0 saturated carbocycles. The van der Waals surface area contributed by atoms with E-state index < -0.39 is 0 Å². The summed E-state index contributed by atoms with van der Waals surface area (Å²) in [4.78, 5) is 29.9. The Morgan fingerprint density at radius 2 is 1.74 bits per heavy atom. The van der Waals surface area contributed by atoms with Crippen LogP contribution in [0.1, 0.15) is 37.0 Å². The zero-order chi connectivity index (χ0) is 19.0. The van der Waals surface area contributed by atoms with Gasteiger partial charge in [0.15, 0.2) is 5.65 Å². The lowest BCUT2D eigenvalue weighted by atomic mass is 9.93. The Morgan fingerprint density at radius 1 is 1.04 bits per heavy atom. The summed E-state index contributed by atoms with van der Waals surface area (Å²) >= 11 is 0. The van der Waals surface area contributed by atoms with E-state index in [0.29, 0.717) is 37.8 Å². The maximum atomic E-state index is 12.9. The second-order valence-electron chi connectivity index (χ2n) is 7.73. The first-order valence-corrected chi connectivity index (χ1v) is 9.10. The molecular formula is C19H23N7O. The molecule has 0 unspecified atom stereocenters. The highest BCUT2D eigenvalue weighted by atomic mass is 16.2. The average Bonchev–Trinajstić information content (AvgIpc) is 3.12. The van der Waals surface area contributed by atoms with E-state index in [4.69, 9.17) is 0 Å². The molecule has 8 heteroatoms. The Bertz CT molecular complexity index is 953. The zero-order valence-electron chi connectivity index (χ0n) is 15.8. The first-order chi connectivity index (χ1) is 12.9. The van der Waals surface area contributed by atoms with Gasteiger partial charge in [-0.2, -0.15) is 5.10 Å². The summed E-state index contributed by atoms with van der Waals surface area (Å²) in [6.07, 6.45) is 5.36. The molecule has 1 saturated heterocycles. The van der Waals surface area contributed by atoms with Crippen molar-refractivity contribution < 1.29 is 4.79 Å². The van der Waals surface area contributed by atoms with Gasteiger partial charge in [0.05, 0.1) is 11.9 Å². The number of amides is 1. The fourth-order valence-electron chi connectivity index (χ4n) is 3.08. The molecule has 1 fully saturated rings. The minimum atomic E-state index is -0.0618. The summed E-state index contributed by atoms with van der Waals surface area (Å²) in [5.74, 6) is 0.647. The third-order valence-electron chi connectivity index (χ3n) is 4.71. The minimum Gasteiger partial charge on any atom is -0.337 e. The van der Waals surface area contributed by atoms with E-state index in [-0.39, 0.29) is 11.3 Å². The van der Waals surface area contributed by atoms with Gasteiger partial charge in [-0.3, -0.25) is 4.79 Å². The molecule has 0 aromatic carbocycles. The standard InChI is InChI=1S/C19H23N7O/c1-19(2,3)15-13-26-16(22-15)6-5-14(23-26)17(27)24-9-11-25(12-10-24)18-20-7-4-8-21-18/h4-8,13H,9-12H2,1-3H3. The Balaban J connectivity index is 1.48. The Labute approximate surface area is 157 Å². The first kappa shape index (κ1) is 17.4. The minimum absolute atomic E-state index is 0.0588. The SMILES string of the molecule is CC(C)(C)c1cn2nc(C(=O)N3CCN(c4ncccn4)CC3)ccc2n1. The monoisotopic (exact) mass is 365 g/mol. The van der Waals surface area contributed by atoms with E-state index in [2.05, 4.69) is 45.7 Å². The first-order valence-electron chi connectivity index (χ1n) is 9.10. The molecule has 0 radical (unpaired) electrons. The molecule has 140 valence electrons. The van der Waals surface area contributed by atoms with Gasteiger partial charge in [0.2, 0.25) is 5.95 Å². The number of rotatable bonds is 2. The van der Waals surface area contributed by atoms with Crippen molar-refractivity contribution in [2.75, 3.05) is 31.1 Å². The summed E-state index contributed by atoms with van der Waals surface area (Å²) in [5, 5.41) is 4.49. The Morgan fingerprint density at radius 3 is 2.41 bits per heavy atom. The maximum absolute atomic E-state index is 12.9. The largest absolute Gasteiger partial charge is 0.337 e. The highest BCUT2D eigenvalue weighted by Crippen LogP contribution is 2.21. The van der Waals surface area contributed by atoms with Gasteiger partial charge in [0.25, 0.3) is 5.91 Å². The number of nitrogens with zero attached hydrogens (tertiary/aromatic N) is 7. The van der Waals surface area contributed by atoms with Gasteiger partial charge in [-0.05, 0) is 18.2 Å². The van der Waals surface area contributed by atoms with Crippen molar-refractivity contribution >= 4 is 17.5 Å². The lowest BCUT2D eigenvalue weighted by Crippen LogP contribution is -2.49. The molecule has 0 spiro atoms. The normalized spacial score (nSPS) is 15.4. The summed E-state index contributed by atoms with van der Waals surface area (Å²) in [6.45, 7) is 8.97. The van der Waals surface area contributed by atoms with Gasteiger partial charge in [0, 0.05) is 44.0 Å². The lowest BCUT2D eigenvalue weighted by Gasteiger charge is -2.34. The molecule has 27 heavy (non-hydrogen) atoms. The van der Waals surface area contributed by atoms with Crippen LogP contribution in [-0.2, 0) is 5.41 Å². The summed E-state index contributed by atoms with van der Waals surface area (Å²) in [5.41, 5.74) is 2.08. The smallest absolute Gasteiger partial charge is 0.274 e. The molecule has 4 rings (SSSR count). The van der Waals surface area contributed by atoms with Crippen LogP contribution in [0.4, 0.5) is 5.95 Å². The van der Waals surface area contributed by atoms with Crippen LogP contribution < -0.4 is 4.90 Å². The second-order valence-corrected chi connectivity index (χ2v) is 7.73. The number of imidazole rings is 1. The number of piperazine rings is 1. The molecule has 3 aromatic rings. The van der Waals surface area contributed by atoms with Crippen LogP contribution in [0.25, 0.3) is 5.65 Å². The predicted molar refractivity (Wildman–Crippen MR) is 102 cm³/mol. The van der Waals surface area contributed by atoms with Crippen LogP contribution in [0.2, 0.25) is 0 Å². The molecule has 0 atom stereocenters. The van der Waals surface area contributed by atoms with Crippen LogP contribution in [-0.4, -0.2) is 61.6 Å². The molecule has 3 aromatic heterocycles. The van der Waals surface area contributed by atoms with Gasteiger partial charge < -0.3 is 9.80 Å². The molecular weight excluding hydrogens is 342 g/mol. The molecule has 0 aliphatic carbocycles. The molecule has 1 aliphatic heterocycles. The topological polar surface area (TPSA) is 79.5 Å². The van der Waals surface area contributed by atoms with Crippen molar-refractivity contribution in [3.8, 4) is 0 Å². The zero-order valence-corrected chi connectivity index (χ0v) is 15.8. The third-order valence-corrected chi connectivity index (χ3v) is 4.71. The third kappa shape index (κ3) is 3.47. The quantitative estimate of drug-likeness (QED) is 0.689. The molecule has 0 bridgehead atoms. The fourth-order valence-corrected chi connectivity index (χ4v) is 3.08. The average molecular weight is 365 g/mol. The lowest BCUT2D eigenvalue weighted by molar-refractivity contribution is 0.0738. The summed E-state index contributed by atoms with van der Waals surface area (Å²) in [6, 6.07) is 5.40. The van der Waals surface area contributed by atoms with Crippen LogP contribution in [0, 0.1) is 0 Å². The fraction of sp³-hybridized carbons (Fsp3) is 0.421. The van der Waals surface area contributed by atoms with Gasteiger partial charge in [-0.1, -0.05) is 20.8 Å². The van der Waals surface area contributed by atoms with Crippen molar-refractivity contribution in [3.63, 3.8) is 0 Å². The summed E-state index contributed by atoms with van der Waals surface area (Å²) in [7, 11) is 0. The van der Waals surface area contributed by atoms with E-state index >= 15 is 0 Å². The van der Waals surface area contributed by atoms with Gasteiger partial charge in [-0.15, -0.1) is 0 Å². The highest BCUT2D eigenvalue weighted by molar-refractivity contribution is 5.92.